The van der Waals surface area contributed by atoms with Crippen molar-refractivity contribution in [2.75, 3.05) is 12.9 Å². The number of halogens is 1. The summed E-state index contributed by atoms with van der Waals surface area (Å²) < 4.78 is 14.3. The number of carbonyl (C=O) groups excluding carboxylic acids is 1. The lowest BCUT2D eigenvalue weighted by Crippen LogP contribution is -2.20. The van der Waals surface area contributed by atoms with Gasteiger partial charge in [0.2, 0.25) is 0 Å². The number of nitrogens with one attached hydrogen (secondary N) is 1. The highest BCUT2D eigenvalue weighted by molar-refractivity contribution is 9.10. The molecule has 0 unspecified atom stereocenters. The van der Waals surface area contributed by atoms with Gasteiger partial charge >= 0.3 is 0 Å². The highest BCUT2D eigenvalue weighted by Gasteiger charge is 2.17. The molecule has 5 rings (SSSR count). The molecule has 5 aromatic rings. The van der Waals surface area contributed by atoms with Crippen molar-refractivity contribution in [3.8, 4) is 28.6 Å². The molecule has 1 amide bonds. The molecule has 0 saturated carbocycles. The van der Waals surface area contributed by atoms with Crippen LogP contribution < -0.4 is 14.9 Å². The zero-order chi connectivity index (χ0) is 28.4. The third kappa shape index (κ3) is 7.38. The normalized spacial score (nSPS) is 11.0. The molecular weight excluding hydrogens is 604 g/mol. The lowest BCUT2D eigenvalue weighted by atomic mass is 10.2. The molecule has 0 atom stereocenters. The van der Waals surface area contributed by atoms with E-state index in [0.717, 1.165) is 26.9 Å². The molecule has 2 aromatic heterocycles. The lowest BCUT2D eigenvalue weighted by Gasteiger charge is -2.11. The molecule has 41 heavy (non-hydrogen) atoms. The number of pyridine rings is 1. The van der Waals surface area contributed by atoms with E-state index in [1.807, 2.05) is 83.4 Å². The van der Waals surface area contributed by atoms with Gasteiger partial charge in [-0.3, -0.25) is 14.3 Å². The number of methoxy groups -OCH3 is 1. The number of rotatable bonds is 11. The van der Waals surface area contributed by atoms with Crippen molar-refractivity contribution in [3.05, 3.63) is 113 Å². The average Bonchev–Trinajstić information content (AvgIpc) is 3.44. The van der Waals surface area contributed by atoms with E-state index in [9.17, 15) is 4.79 Å². The van der Waals surface area contributed by atoms with E-state index in [2.05, 4.69) is 41.6 Å². The van der Waals surface area contributed by atoms with Crippen LogP contribution in [0.1, 0.15) is 11.1 Å². The Bertz CT molecular complexity index is 1630. The van der Waals surface area contributed by atoms with Gasteiger partial charge in [-0.2, -0.15) is 5.10 Å². The Morgan fingerprint density at radius 2 is 1.78 bits per heavy atom. The van der Waals surface area contributed by atoms with Crippen molar-refractivity contribution in [1.82, 2.24) is 25.2 Å². The maximum Gasteiger partial charge on any atom is 0.250 e. The quantitative estimate of drug-likeness (QED) is 0.110. The molecule has 0 spiro atoms. The van der Waals surface area contributed by atoms with E-state index in [1.165, 1.54) is 11.8 Å². The van der Waals surface area contributed by atoms with Crippen molar-refractivity contribution >= 4 is 39.8 Å². The molecule has 9 nitrogen and oxygen atoms in total. The summed E-state index contributed by atoms with van der Waals surface area (Å²) in [5.41, 5.74) is 6.12. The monoisotopic (exact) mass is 628 g/mol. The number of benzene rings is 3. The van der Waals surface area contributed by atoms with Gasteiger partial charge in [0.1, 0.15) is 6.61 Å². The molecule has 0 saturated heterocycles. The summed E-state index contributed by atoms with van der Waals surface area (Å²) in [5, 5.41) is 13.4. The minimum atomic E-state index is -0.281. The first-order valence-corrected chi connectivity index (χ1v) is 14.3. The molecule has 0 bridgehead atoms. The number of thioether (sulfide) groups is 1. The molecular formula is C30H25BrN6O3S. The van der Waals surface area contributed by atoms with Gasteiger partial charge in [0.05, 0.1) is 19.1 Å². The van der Waals surface area contributed by atoms with Crippen LogP contribution in [-0.2, 0) is 11.4 Å². The van der Waals surface area contributed by atoms with Crippen molar-refractivity contribution < 1.29 is 14.3 Å². The maximum atomic E-state index is 12.6. The highest BCUT2D eigenvalue weighted by atomic mass is 79.9. The number of ether oxygens (including phenoxy) is 2. The van der Waals surface area contributed by atoms with E-state index in [-0.39, 0.29) is 11.7 Å². The molecule has 1 N–H and O–H groups in total. The Labute approximate surface area is 249 Å². The first-order valence-electron chi connectivity index (χ1n) is 12.5. The van der Waals surface area contributed by atoms with Gasteiger partial charge in [0.15, 0.2) is 22.5 Å². The Kier molecular flexibility index (Phi) is 9.40. The zero-order valence-electron chi connectivity index (χ0n) is 22.0. The Morgan fingerprint density at radius 1 is 1.00 bits per heavy atom. The molecule has 0 fully saturated rings. The second-order valence-electron chi connectivity index (χ2n) is 8.62. The number of aromatic nitrogens is 4. The standard InChI is InChI=1S/C30H25BrN6O3S/c1-39-27-17-22(7-12-26(27)40-19-21-5-3-2-4-6-21)18-33-34-28(38)20-41-30-36-35-29(23-13-15-32-16-14-23)37(30)25-10-8-24(31)9-11-25/h2-18H,19-20H2,1H3,(H,34,38)/b33-18+. The first-order chi connectivity index (χ1) is 20.1. The fourth-order valence-electron chi connectivity index (χ4n) is 3.83. The number of carbonyl (C=O) groups is 1. The van der Waals surface area contributed by atoms with Gasteiger partial charge in [-0.15, -0.1) is 10.2 Å². The Balaban J connectivity index is 1.22. The molecule has 0 aliphatic heterocycles. The topological polar surface area (TPSA) is 104 Å². The van der Waals surface area contributed by atoms with Crippen LogP contribution >= 0.6 is 27.7 Å². The van der Waals surface area contributed by atoms with Crippen molar-refractivity contribution in [2.45, 2.75) is 11.8 Å². The zero-order valence-corrected chi connectivity index (χ0v) is 24.4. The molecule has 206 valence electrons. The van der Waals surface area contributed by atoms with Gasteiger partial charge < -0.3 is 9.47 Å². The van der Waals surface area contributed by atoms with Gasteiger partial charge in [-0.05, 0) is 65.7 Å². The summed E-state index contributed by atoms with van der Waals surface area (Å²) in [6, 6.07) is 26.9. The van der Waals surface area contributed by atoms with Crippen LogP contribution in [0.4, 0.5) is 0 Å². The molecule has 0 aliphatic carbocycles. The predicted octanol–water partition coefficient (Wildman–Crippen LogP) is 5.92. The first kappa shape index (κ1) is 28.1. The van der Waals surface area contributed by atoms with Crippen LogP contribution in [0.25, 0.3) is 17.1 Å². The second-order valence-corrected chi connectivity index (χ2v) is 10.5. The fraction of sp³-hybridized carbons (Fsp3) is 0.100. The summed E-state index contributed by atoms with van der Waals surface area (Å²) in [5.74, 6) is 1.66. The van der Waals surface area contributed by atoms with Crippen LogP contribution in [0.3, 0.4) is 0 Å². The SMILES string of the molecule is COc1cc(/C=N/NC(=O)CSc2nnc(-c3ccncc3)n2-c2ccc(Br)cc2)ccc1OCc1ccccc1. The van der Waals surface area contributed by atoms with Crippen molar-refractivity contribution in [3.63, 3.8) is 0 Å². The maximum absolute atomic E-state index is 12.6. The van der Waals surface area contributed by atoms with Crippen LogP contribution in [0.15, 0.2) is 112 Å². The van der Waals surface area contributed by atoms with E-state index < -0.39 is 0 Å². The number of amides is 1. The third-order valence-electron chi connectivity index (χ3n) is 5.82. The number of hydrogen-bond donors (Lipinski definition) is 1. The summed E-state index contributed by atoms with van der Waals surface area (Å²) in [7, 11) is 1.58. The minimum Gasteiger partial charge on any atom is -0.493 e. The minimum absolute atomic E-state index is 0.0952. The number of hydrazone groups is 1. The smallest absolute Gasteiger partial charge is 0.250 e. The lowest BCUT2D eigenvalue weighted by molar-refractivity contribution is -0.118. The van der Waals surface area contributed by atoms with Gasteiger partial charge in [0.25, 0.3) is 5.91 Å². The average molecular weight is 630 g/mol. The molecule has 11 heteroatoms. The predicted molar refractivity (Wildman–Crippen MR) is 163 cm³/mol. The molecule has 0 aliphatic rings. The van der Waals surface area contributed by atoms with Gasteiger partial charge in [-0.1, -0.05) is 58.0 Å². The third-order valence-corrected chi connectivity index (χ3v) is 7.27. The second kappa shape index (κ2) is 13.7. The Hall–Kier alpha value is -4.48. The van der Waals surface area contributed by atoms with Crippen LogP contribution in [-0.4, -0.2) is 44.7 Å². The molecule has 0 radical (unpaired) electrons. The summed E-state index contributed by atoms with van der Waals surface area (Å²) in [6.07, 6.45) is 4.96. The van der Waals surface area contributed by atoms with E-state index in [0.29, 0.717) is 29.1 Å². The Morgan fingerprint density at radius 3 is 2.54 bits per heavy atom. The molecule has 3 aromatic carbocycles. The highest BCUT2D eigenvalue weighted by Crippen LogP contribution is 2.29. The van der Waals surface area contributed by atoms with Gasteiger partial charge in [-0.25, -0.2) is 5.43 Å². The van der Waals surface area contributed by atoms with Crippen molar-refractivity contribution in [2.24, 2.45) is 5.10 Å². The van der Waals surface area contributed by atoms with E-state index in [4.69, 9.17) is 9.47 Å². The summed E-state index contributed by atoms with van der Waals surface area (Å²) in [6.45, 7) is 0.429. The largest absolute Gasteiger partial charge is 0.493 e. The van der Waals surface area contributed by atoms with Gasteiger partial charge in [0, 0.05) is 28.1 Å². The summed E-state index contributed by atoms with van der Waals surface area (Å²) >= 11 is 4.74. The van der Waals surface area contributed by atoms with Crippen LogP contribution in [0.2, 0.25) is 0 Å². The van der Waals surface area contributed by atoms with Crippen molar-refractivity contribution in [1.29, 1.82) is 0 Å². The molecule has 2 heterocycles. The number of nitrogens with zero attached hydrogens (tertiary/aromatic N) is 5. The fourth-order valence-corrected chi connectivity index (χ4v) is 4.84. The van der Waals surface area contributed by atoms with Crippen LogP contribution in [0.5, 0.6) is 11.5 Å². The van der Waals surface area contributed by atoms with E-state index >= 15 is 0 Å². The van der Waals surface area contributed by atoms with E-state index in [1.54, 1.807) is 31.8 Å². The number of hydrogen-bond acceptors (Lipinski definition) is 8. The summed E-state index contributed by atoms with van der Waals surface area (Å²) in [4.78, 5) is 16.7. The van der Waals surface area contributed by atoms with Crippen LogP contribution in [0, 0.1) is 0 Å².